The van der Waals surface area contributed by atoms with Crippen LogP contribution in [0.4, 0.5) is 0 Å². The fourth-order valence-electron chi connectivity index (χ4n) is 1.38. The molecule has 0 aliphatic rings. The SMILES string of the molecule is CCCC(CO)(OC)C(C)C. The molecule has 0 aliphatic carbocycles. The second kappa shape index (κ2) is 4.73. The number of methoxy groups -OCH3 is 1. The van der Waals surface area contributed by atoms with E-state index in [4.69, 9.17) is 9.84 Å². The van der Waals surface area contributed by atoms with Crippen LogP contribution in [0.2, 0.25) is 0 Å². The van der Waals surface area contributed by atoms with Gasteiger partial charge in [0.1, 0.15) is 0 Å². The van der Waals surface area contributed by atoms with Gasteiger partial charge in [-0.2, -0.15) is 0 Å². The molecule has 0 saturated carbocycles. The van der Waals surface area contributed by atoms with Gasteiger partial charge in [0.25, 0.3) is 0 Å². The predicted octanol–water partition coefficient (Wildman–Crippen LogP) is 1.82. The van der Waals surface area contributed by atoms with Gasteiger partial charge in [0, 0.05) is 7.11 Å². The normalized spacial score (nSPS) is 16.9. The molecule has 68 valence electrons. The minimum atomic E-state index is -0.311. The van der Waals surface area contributed by atoms with Crippen molar-refractivity contribution in [2.24, 2.45) is 5.92 Å². The molecular weight excluding hydrogens is 140 g/mol. The van der Waals surface area contributed by atoms with Crippen LogP contribution in [-0.2, 0) is 4.74 Å². The topological polar surface area (TPSA) is 29.5 Å². The number of aliphatic hydroxyl groups is 1. The Bertz CT molecular complexity index is 95.7. The van der Waals surface area contributed by atoms with E-state index in [0.29, 0.717) is 5.92 Å². The number of ether oxygens (including phenoxy) is 1. The lowest BCUT2D eigenvalue weighted by atomic mass is 9.87. The van der Waals surface area contributed by atoms with Crippen molar-refractivity contribution in [3.05, 3.63) is 0 Å². The Morgan fingerprint density at radius 3 is 2.09 bits per heavy atom. The van der Waals surface area contributed by atoms with E-state index in [2.05, 4.69) is 20.8 Å². The van der Waals surface area contributed by atoms with E-state index < -0.39 is 0 Å². The van der Waals surface area contributed by atoms with E-state index in [1.807, 2.05) is 0 Å². The van der Waals surface area contributed by atoms with Gasteiger partial charge in [0.15, 0.2) is 0 Å². The molecule has 1 N–H and O–H groups in total. The number of aliphatic hydroxyl groups excluding tert-OH is 1. The molecule has 0 amide bonds. The van der Waals surface area contributed by atoms with Gasteiger partial charge in [0.05, 0.1) is 12.2 Å². The van der Waals surface area contributed by atoms with Crippen LogP contribution >= 0.6 is 0 Å². The van der Waals surface area contributed by atoms with Crippen LogP contribution in [0.15, 0.2) is 0 Å². The third-order valence-corrected chi connectivity index (χ3v) is 2.40. The van der Waals surface area contributed by atoms with Gasteiger partial charge < -0.3 is 9.84 Å². The van der Waals surface area contributed by atoms with Crippen LogP contribution in [0.25, 0.3) is 0 Å². The van der Waals surface area contributed by atoms with E-state index in [1.165, 1.54) is 0 Å². The fourth-order valence-corrected chi connectivity index (χ4v) is 1.38. The first-order valence-corrected chi connectivity index (χ1v) is 4.29. The molecule has 2 nitrogen and oxygen atoms in total. The second-order valence-electron chi connectivity index (χ2n) is 3.33. The first-order chi connectivity index (χ1) is 5.13. The molecule has 0 bridgehead atoms. The molecule has 0 aromatic rings. The molecule has 0 spiro atoms. The Morgan fingerprint density at radius 1 is 1.45 bits per heavy atom. The van der Waals surface area contributed by atoms with Crippen molar-refractivity contribution in [2.75, 3.05) is 13.7 Å². The minimum absolute atomic E-state index is 0.120. The molecule has 0 aliphatic heterocycles. The monoisotopic (exact) mass is 160 g/mol. The lowest BCUT2D eigenvalue weighted by Crippen LogP contribution is -2.41. The van der Waals surface area contributed by atoms with Gasteiger partial charge in [0.2, 0.25) is 0 Å². The summed E-state index contributed by atoms with van der Waals surface area (Å²) in [4.78, 5) is 0. The van der Waals surface area contributed by atoms with Crippen LogP contribution in [0.5, 0.6) is 0 Å². The average Bonchev–Trinajstić information content (AvgIpc) is 2.00. The van der Waals surface area contributed by atoms with E-state index >= 15 is 0 Å². The van der Waals surface area contributed by atoms with Crippen LogP contribution in [0.1, 0.15) is 33.6 Å². The molecule has 0 fully saturated rings. The highest BCUT2D eigenvalue weighted by Gasteiger charge is 2.31. The Balaban J connectivity index is 4.20. The Kier molecular flexibility index (Phi) is 4.69. The lowest BCUT2D eigenvalue weighted by Gasteiger charge is -2.34. The number of hydrogen-bond donors (Lipinski definition) is 1. The maximum atomic E-state index is 9.15. The van der Waals surface area contributed by atoms with Gasteiger partial charge in [-0.25, -0.2) is 0 Å². The molecule has 0 radical (unpaired) electrons. The maximum absolute atomic E-state index is 9.15. The van der Waals surface area contributed by atoms with Crippen LogP contribution < -0.4 is 0 Å². The van der Waals surface area contributed by atoms with Crippen molar-refractivity contribution in [1.29, 1.82) is 0 Å². The zero-order chi connectivity index (χ0) is 8.91. The van der Waals surface area contributed by atoms with E-state index in [9.17, 15) is 0 Å². The summed E-state index contributed by atoms with van der Waals surface area (Å²) in [5.74, 6) is 0.373. The summed E-state index contributed by atoms with van der Waals surface area (Å²) in [7, 11) is 1.67. The van der Waals surface area contributed by atoms with E-state index in [-0.39, 0.29) is 12.2 Å². The summed E-state index contributed by atoms with van der Waals surface area (Å²) >= 11 is 0. The maximum Gasteiger partial charge on any atom is 0.0930 e. The highest BCUT2D eigenvalue weighted by molar-refractivity contribution is 4.82. The molecule has 0 aromatic heterocycles. The standard InChI is InChI=1S/C9H20O2/c1-5-6-9(7-10,11-4)8(2)3/h8,10H,5-7H2,1-4H3. The third-order valence-electron chi connectivity index (χ3n) is 2.40. The van der Waals surface area contributed by atoms with Gasteiger partial charge in [-0.05, 0) is 12.3 Å². The first kappa shape index (κ1) is 10.9. The summed E-state index contributed by atoms with van der Waals surface area (Å²) in [6.45, 7) is 6.38. The number of hydrogen-bond acceptors (Lipinski definition) is 2. The van der Waals surface area contributed by atoms with Gasteiger partial charge in [-0.1, -0.05) is 27.2 Å². The Morgan fingerprint density at radius 2 is 2.00 bits per heavy atom. The molecule has 0 heterocycles. The molecule has 0 rings (SSSR count). The zero-order valence-electron chi connectivity index (χ0n) is 8.05. The summed E-state index contributed by atoms with van der Waals surface area (Å²) in [6.07, 6.45) is 1.98. The molecule has 0 saturated heterocycles. The zero-order valence-corrected chi connectivity index (χ0v) is 8.05. The average molecular weight is 160 g/mol. The van der Waals surface area contributed by atoms with Crippen LogP contribution in [0.3, 0.4) is 0 Å². The van der Waals surface area contributed by atoms with Crippen molar-refractivity contribution < 1.29 is 9.84 Å². The highest BCUT2D eigenvalue weighted by Crippen LogP contribution is 2.25. The van der Waals surface area contributed by atoms with Crippen LogP contribution in [0, 0.1) is 5.92 Å². The molecule has 2 heteroatoms. The molecular formula is C9H20O2. The predicted molar refractivity (Wildman–Crippen MR) is 46.6 cm³/mol. The van der Waals surface area contributed by atoms with Gasteiger partial charge in [-0.15, -0.1) is 0 Å². The fraction of sp³-hybridized carbons (Fsp3) is 1.00. The van der Waals surface area contributed by atoms with Crippen molar-refractivity contribution in [3.63, 3.8) is 0 Å². The Hall–Kier alpha value is -0.0800. The van der Waals surface area contributed by atoms with Crippen LogP contribution in [-0.4, -0.2) is 24.4 Å². The molecule has 0 aromatic carbocycles. The minimum Gasteiger partial charge on any atom is -0.393 e. The smallest absolute Gasteiger partial charge is 0.0930 e. The number of rotatable bonds is 5. The first-order valence-electron chi connectivity index (χ1n) is 4.29. The third kappa shape index (κ3) is 2.46. The van der Waals surface area contributed by atoms with Crippen molar-refractivity contribution in [3.8, 4) is 0 Å². The summed E-state index contributed by atoms with van der Waals surface area (Å²) in [5, 5.41) is 9.15. The van der Waals surface area contributed by atoms with Gasteiger partial charge >= 0.3 is 0 Å². The molecule has 11 heavy (non-hydrogen) atoms. The van der Waals surface area contributed by atoms with E-state index in [1.54, 1.807) is 7.11 Å². The molecule has 1 atom stereocenters. The lowest BCUT2D eigenvalue weighted by molar-refractivity contribution is -0.0899. The quantitative estimate of drug-likeness (QED) is 0.664. The van der Waals surface area contributed by atoms with Crippen molar-refractivity contribution in [1.82, 2.24) is 0 Å². The van der Waals surface area contributed by atoms with Gasteiger partial charge in [-0.3, -0.25) is 0 Å². The summed E-state index contributed by atoms with van der Waals surface area (Å²) in [5.41, 5.74) is -0.311. The second-order valence-corrected chi connectivity index (χ2v) is 3.33. The summed E-state index contributed by atoms with van der Waals surface area (Å²) in [6, 6.07) is 0. The van der Waals surface area contributed by atoms with E-state index in [0.717, 1.165) is 12.8 Å². The highest BCUT2D eigenvalue weighted by atomic mass is 16.5. The summed E-state index contributed by atoms with van der Waals surface area (Å²) < 4.78 is 5.34. The largest absolute Gasteiger partial charge is 0.393 e. The van der Waals surface area contributed by atoms with Crippen molar-refractivity contribution in [2.45, 2.75) is 39.2 Å². The Labute approximate surface area is 69.6 Å². The molecule has 1 unspecified atom stereocenters. The van der Waals surface area contributed by atoms with Crippen molar-refractivity contribution >= 4 is 0 Å².